The van der Waals surface area contributed by atoms with Crippen molar-refractivity contribution in [3.63, 3.8) is 0 Å². The van der Waals surface area contributed by atoms with Crippen molar-refractivity contribution >= 4 is 17.1 Å². The van der Waals surface area contributed by atoms with E-state index in [9.17, 15) is 35.4 Å². The number of hydrogen-bond acceptors (Lipinski definition) is 7. The number of nitro benzene ring substituents is 3. The Morgan fingerprint density at radius 3 is 1.15 bits per heavy atom. The third-order valence-electron chi connectivity index (χ3n) is 5.58. The average Bonchev–Trinajstić information content (AvgIpc) is 2.78. The molecule has 0 saturated heterocycles. The van der Waals surface area contributed by atoms with E-state index in [2.05, 4.69) is 27.7 Å². The van der Waals surface area contributed by atoms with Crippen LogP contribution in [0.4, 0.5) is 17.1 Å². The third kappa shape index (κ3) is 10.6. The van der Waals surface area contributed by atoms with Gasteiger partial charge in [-0.15, -0.1) is 0 Å². The Morgan fingerprint density at radius 2 is 0.939 bits per heavy atom. The predicted molar refractivity (Wildman–Crippen MR) is 125 cm³/mol. The Kier molecular flexibility index (Phi) is 14.5. The molecule has 0 aromatic heterocycles. The zero-order chi connectivity index (χ0) is 25.4. The van der Waals surface area contributed by atoms with Crippen LogP contribution in [0.5, 0.6) is 5.75 Å². The average molecular weight is 471 g/mol. The lowest BCUT2D eigenvalue weighted by Gasteiger charge is -2.39. The molecule has 1 aromatic carbocycles. The lowest BCUT2D eigenvalue weighted by Crippen LogP contribution is -2.50. The van der Waals surface area contributed by atoms with Gasteiger partial charge in [-0.2, -0.15) is 0 Å². The van der Waals surface area contributed by atoms with Crippen molar-refractivity contribution in [3.05, 3.63) is 42.5 Å². The zero-order valence-electron chi connectivity index (χ0n) is 20.3. The molecule has 11 nitrogen and oxygen atoms in total. The van der Waals surface area contributed by atoms with Crippen molar-refractivity contribution in [2.24, 2.45) is 0 Å². The van der Waals surface area contributed by atoms with Crippen LogP contribution in [0.3, 0.4) is 0 Å². The molecule has 0 N–H and O–H groups in total. The second-order valence-electron chi connectivity index (χ2n) is 8.23. The summed E-state index contributed by atoms with van der Waals surface area (Å²) < 4.78 is 1.42. The molecule has 0 saturated carbocycles. The molecule has 0 radical (unpaired) electrons. The van der Waals surface area contributed by atoms with Crippen molar-refractivity contribution in [1.29, 1.82) is 0 Å². The number of quaternary nitrogens is 1. The van der Waals surface area contributed by atoms with Gasteiger partial charge in [-0.1, -0.05) is 53.4 Å². The first-order chi connectivity index (χ1) is 15.6. The predicted octanol–water partition coefficient (Wildman–Crippen LogP) is 5.49. The van der Waals surface area contributed by atoms with E-state index in [1.165, 1.54) is 82.0 Å². The maximum absolute atomic E-state index is 11.1. The number of benzene rings is 1. The second kappa shape index (κ2) is 15.9. The first kappa shape index (κ1) is 30.2. The molecule has 1 rings (SSSR count). The van der Waals surface area contributed by atoms with E-state index in [4.69, 9.17) is 0 Å². The fraction of sp³-hybridized carbons (Fsp3) is 0.727. The summed E-state index contributed by atoms with van der Waals surface area (Å²) in [6, 6.07) is 0.769. The molecule has 0 fully saturated rings. The van der Waals surface area contributed by atoms with Crippen LogP contribution in [0.1, 0.15) is 79.1 Å². The summed E-state index contributed by atoms with van der Waals surface area (Å²) >= 11 is 0. The molecule has 11 heteroatoms. The molecular formula is C22H38N4O7. The normalized spacial score (nSPS) is 10.9. The topological polar surface area (TPSA) is 152 Å². The van der Waals surface area contributed by atoms with Crippen LogP contribution in [0.15, 0.2) is 12.1 Å². The summed E-state index contributed by atoms with van der Waals surface area (Å²) in [5.74, 6) is -1.46. The highest BCUT2D eigenvalue weighted by molar-refractivity contribution is 5.63. The molecule has 0 unspecified atom stereocenters. The SMILES string of the molecule is CCCC[N+](CCCC)(CCCC)CCCC.O=[N+]([O-])c1cc([N+](=O)[O-])c([O-])c([N+](=O)[O-])c1. The highest BCUT2D eigenvalue weighted by Crippen LogP contribution is 2.36. The van der Waals surface area contributed by atoms with Gasteiger partial charge in [-0.3, -0.25) is 30.3 Å². The maximum atomic E-state index is 11.1. The van der Waals surface area contributed by atoms with Crippen LogP contribution in [-0.2, 0) is 0 Å². The summed E-state index contributed by atoms with van der Waals surface area (Å²) in [5.41, 5.74) is -3.26. The minimum atomic E-state index is -1.46. The molecule has 0 heterocycles. The van der Waals surface area contributed by atoms with Gasteiger partial charge in [0.1, 0.15) is 0 Å². The van der Waals surface area contributed by atoms with E-state index in [1.54, 1.807) is 0 Å². The Balaban J connectivity index is 0.000000621. The highest BCUT2D eigenvalue weighted by atomic mass is 16.6. The molecule has 0 aliphatic rings. The van der Waals surface area contributed by atoms with Crippen molar-refractivity contribution in [2.75, 3.05) is 26.2 Å². The fourth-order valence-electron chi connectivity index (χ4n) is 3.61. The molecule has 0 aliphatic heterocycles. The lowest BCUT2D eigenvalue weighted by atomic mass is 10.1. The van der Waals surface area contributed by atoms with E-state index in [-0.39, 0.29) is 0 Å². The quantitative estimate of drug-likeness (QED) is 0.187. The highest BCUT2D eigenvalue weighted by Gasteiger charge is 2.25. The van der Waals surface area contributed by atoms with Crippen molar-refractivity contribution in [2.45, 2.75) is 79.1 Å². The lowest BCUT2D eigenvalue weighted by molar-refractivity contribution is -0.929. The summed E-state index contributed by atoms with van der Waals surface area (Å²) in [7, 11) is 0. The van der Waals surface area contributed by atoms with Gasteiger partial charge in [0, 0.05) is 0 Å². The minimum absolute atomic E-state index is 0.384. The Labute approximate surface area is 195 Å². The van der Waals surface area contributed by atoms with Gasteiger partial charge in [0.2, 0.25) is 0 Å². The third-order valence-corrected chi connectivity index (χ3v) is 5.58. The van der Waals surface area contributed by atoms with Crippen LogP contribution < -0.4 is 5.11 Å². The molecule has 33 heavy (non-hydrogen) atoms. The van der Waals surface area contributed by atoms with Gasteiger partial charge in [-0.05, 0) is 25.7 Å². The van der Waals surface area contributed by atoms with Crippen LogP contribution in [-0.4, -0.2) is 45.4 Å². The van der Waals surface area contributed by atoms with Crippen molar-refractivity contribution in [3.8, 4) is 5.75 Å². The van der Waals surface area contributed by atoms with Crippen LogP contribution in [0, 0.1) is 30.3 Å². The number of rotatable bonds is 15. The standard InChI is InChI=1S/C16H36N.C6H3N3O7/c1-5-9-13-17(14-10-6-2,15-11-7-3)16-12-8-4;10-6-4(8(13)14)1-3(7(11)12)2-5(6)9(15)16/h5-16H2,1-4H3;1-2,10H/q+1;/p-1. The summed E-state index contributed by atoms with van der Waals surface area (Å²) in [6.07, 6.45) is 11.1. The molecule has 0 aliphatic carbocycles. The first-order valence-corrected chi connectivity index (χ1v) is 11.7. The van der Waals surface area contributed by atoms with Gasteiger partial charge < -0.3 is 9.59 Å². The van der Waals surface area contributed by atoms with E-state index in [0.717, 1.165) is 0 Å². The first-order valence-electron chi connectivity index (χ1n) is 11.7. The number of unbranched alkanes of at least 4 members (excludes halogenated alkanes) is 4. The van der Waals surface area contributed by atoms with E-state index in [1.807, 2.05) is 0 Å². The number of non-ortho nitro benzene ring substituents is 1. The van der Waals surface area contributed by atoms with Gasteiger partial charge in [-0.25, -0.2) is 0 Å². The van der Waals surface area contributed by atoms with Gasteiger partial charge >= 0.3 is 0 Å². The molecule has 188 valence electrons. The summed E-state index contributed by atoms with van der Waals surface area (Å²) in [6.45, 7) is 15.0. The monoisotopic (exact) mass is 470 g/mol. The molecule has 0 amide bonds. The largest absolute Gasteiger partial charge is 0.863 e. The summed E-state index contributed by atoms with van der Waals surface area (Å²) in [5, 5.41) is 42.1. The van der Waals surface area contributed by atoms with Crippen LogP contribution in [0.2, 0.25) is 0 Å². The van der Waals surface area contributed by atoms with Crippen molar-refractivity contribution < 1.29 is 24.4 Å². The van der Waals surface area contributed by atoms with Crippen LogP contribution >= 0.6 is 0 Å². The van der Waals surface area contributed by atoms with Crippen LogP contribution in [0.25, 0.3) is 0 Å². The van der Waals surface area contributed by atoms with E-state index in [0.29, 0.717) is 12.1 Å². The van der Waals surface area contributed by atoms with Gasteiger partial charge in [0.25, 0.3) is 17.1 Å². The van der Waals surface area contributed by atoms with Crippen molar-refractivity contribution in [1.82, 2.24) is 0 Å². The number of hydrogen-bond donors (Lipinski definition) is 0. The molecular weight excluding hydrogens is 432 g/mol. The van der Waals surface area contributed by atoms with Gasteiger partial charge in [0.05, 0.1) is 58.8 Å². The molecule has 0 bridgehead atoms. The Morgan fingerprint density at radius 1 is 0.636 bits per heavy atom. The molecule has 0 spiro atoms. The Hall–Kier alpha value is -2.82. The molecule has 1 aromatic rings. The van der Waals surface area contributed by atoms with E-state index >= 15 is 0 Å². The fourth-order valence-corrected chi connectivity index (χ4v) is 3.61. The van der Waals surface area contributed by atoms with E-state index < -0.39 is 37.6 Å². The minimum Gasteiger partial charge on any atom is -0.863 e. The zero-order valence-corrected chi connectivity index (χ0v) is 20.3. The van der Waals surface area contributed by atoms with Gasteiger partial charge in [0.15, 0.2) is 0 Å². The second-order valence-corrected chi connectivity index (χ2v) is 8.23. The molecule has 0 atom stereocenters. The number of nitrogens with zero attached hydrogens (tertiary/aromatic N) is 4. The Bertz CT molecular complexity index is 699. The maximum Gasteiger partial charge on any atom is 0.283 e. The number of nitro groups is 3. The smallest absolute Gasteiger partial charge is 0.283 e. The summed E-state index contributed by atoms with van der Waals surface area (Å²) in [4.78, 5) is 27.5.